The molecule has 0 aliphatic rings. The molecule has 0 saturated carbocycles. The van der Waals surface area contributed by atoms with Gasteiger partial charge in [0, 0.05) is 0 Å². The minimum atomic E-state index is 0. The Morgan fingerprint density at radius 1 is 0.190 bits per heavy atom. The number of hydrogen-bond donors (Lipinski definition) is 0. The normalized spacial score (nSPS) is 10.1. The molecule has 0 unspecified atom stereocenters. The SMILES string of the molecule is [Al+3].[O-]c1ccc(-c2ccccc2)cc1-c1ccccc1.[O-]c1ccc(-c2ccccc2)cc1-c1ccccc1.[O-]c1ccc(-c2ccccc2)cc1-c1ccccc1. The van der Waals surface area contributed by atoms with E-state index < -0.39 is 0 Å². The van der Waals surface area contributed by atoms with Crippen LogP contribution in [-0.2, 0) is 0 Å². The molecule has 0 fully saturated rings. The summed E-state index contributed by atoms with van der Waals surface area (Å²) in [5, 5.41) is 36.0. The third-order valence-electron chi connectivity index (χ3n) is 9.51. The Morgan fingerprint density at radius 3 is 0.586 bits per heavy atom. The second-order valence-corrected chi connectivity index (χ2v) is 13.3. The van der Waals surface area contributed by atoms with Crippen LogP contribution in [0.15, 0.2) is 237 Å². The molecule has 58 heavy (non-hydrogen) atoms. The van der Waals surface area contributed by atoms with Gasteiger partial charge in [0.15, 0.2) is 0 Å². The molecule has 0 aliphatic carbocycles. The molecule has 0 bridgehead atoms. The zero-order valence-electron chi connectivity index (χ0n) is 31.8. The van der Waals surface area contributed by atoms with Crippen molar-refractivity contribution < 1.29 is 15.3 Å². The Bertz CT molecular complexity index is 2320. The standard InChI is InChI=1S/3C18H14O.Al/c3*19-18-12-11-16(14-7-3-1-4-8-14)13-17(18)15-9-5-2-6-10-15;/h3*1-13,19H;/q;;;+3/p-3. The smallest absolute Gasteiger partial charge is 0.872 e. The summed E-state index contributed by atoms with van der Waals surface area (Å²) >= 11 is 0. The van der Waals surface area contributed by atoms with Crippen LogP contribution < -0.4 is 15.3 Å². The maximum Gasteiger partial charge on any atom is 3.00 e. The summed E-state index contributed by atoms with van der Waals surface area (Å²) < 4.78 is 0. The first-order valence-corrected chi connectivity index (χ1v) is 18.8. The van der Waals surface area contributed by atoms with Crippen molar-refractivity contribution in [1.82, 2.24) is 0 Å². The van der Waals surface area contributed by atoms with Crippen molar-refractivity contribution in [2.45, 2.75) is 0 Å². The molecule has 9 rings (SSSR count). The first-order chi connectivity index (χ1) is 28.0. The van der Waals surface area contributed by atoms with Gasteiger partial charge >= 0.3 is 17.4 Å². The molecule has 0 aromatic heterocycles. The van der Waals surface area contributed by atoms with Gasteiger partial charge in [-0.2, -0.15) is 0 Å². The summed E-state index contributed by atoms with van der Waals surface area (Å²) in [5.41, 5.74) is 11.7. The molecular weight excluding hydrogens is 724 g/mol. The quantitative estimate of drug-likeness (QED) is 0.158. The largest absolute Gasteiger partial charge is 3.00 e. The average molecular weight is 763 g/mol. The molecule has 9 aromatic carbocycles. The summed E-state index contributed by atoms with van der Waals surface area (Å²) in [6.45, 7) is 0. The summed E-state index contributed by atoms with van der Waals surface area (Å²) in [6.07, 6.45) is 0. The van der Waals surface area contributed by atoms with Crippen LogP contribution in [0.25, 0.3) is 66.8 Å². The third-order valence-corrected chi connectivity index (χ3v) is 9.51. The van der Waals surface area contributed by atoms with Gasteiger partial charge in [-0.15, -0.1) is 17.2 Å². The van der Waals surface area contributed by atoms with Gasteiger partial charge < -0.3 is 15.3 Å². The molecule has 0 heterocycles. The van der Waals surface area contributed by atoms with Crippen molar-refractivity contribution in [3.63, 3.8) is 0 Å². The van der Waals surface area contributed by atoms with Crippen molar-refractivity contribution >= 4 is 17.4 Å². The molecule has 0 saturated heterocycles. The van der Waals surface area contributed by atoms with E-state index in [0.717, 1.165) is 66.8 Å². The van der Waals surface area contributed by atoms with Gasteiger partial charge in [0.2, 0.25) is 0 Å². The number of benzene rings is 9. The Balaban J connectivity index is 0.000000145. The first-order valence-electron chi connectivity index (χ1n) is 18.8. The van der Waals surface area contributed by atoms with E-state index in [1.54, 1.807) is 18.2 Å². The van der Waals surface area contributed by atoms with Crippen molar-refractivity contribution in [2.24, 2.45) is 0 Å². The molecule has 9 aromatic rings. The van der Waals surface area contributed by atoms with E-state index in [1.807, 2.05) is 182 Å². The third kappa shape index (κ3) is 10.4. The van der Waals surface area contributed by atoms with Crippen molar-refractivity contribution in [3.8, 4) is 84.0 Å². The predicted molar refractivity (Wildman–Crippen MR) is 236 cm³/mol. The Kier molecular flexibility index (Phi) is 14.1. The van der Waals surface area contributed by atoms with Crippen LogP contribution in [0.1, 0.15) is 0 Å². The Labute approximate surface area is 351 Å². The van der Waals surface area contributed by atoms with Crippen LogP contribution >= 0.6 is 0 Å². The predicted octanol–water partition coefficient (Wildman–Crippen LogP) is 11.9. The van der Waals surface area contributed by atoms with E-state index >= 15 is 0 Å². The van der Waals surface area contributed by atoms with E-state index in [9.17, 15) is 15.3 Å². The minimum absolute atomic E-state index is 0. The molecule has 276 valence electrons. The summed E-state index contributed by atoms with van der Waals surface area (Å²) in [4.78, 5) is 0. The second-order valence-electron chi connectivity index (χ2n) is 13.3. The molecule has 0 radical (unpaired) electrons. The first kappa shape index (κ1) is 40.6. The van der Waals surface area contributed by atoms with Crippen LogP contribution in [0, 0.1) is 0 Å². The minimum Gasteiger partial charge on any atom is -0.872 e. The fraction of sp³-hybridized carbons (Fsp3) is 0. The van der Waals surface area contributed by atoms with E-state index in [1.165, 1.54) is 0 Å². The van der Waals surface area contributed by atoms with Crippen LogP contribution in [0.2, 0.25) is 0 Å². The van der Waals surface area contributed by atoms with E-state index in [4.69, 9.17) is 0 Å². The molecule has 0 spiro atoms. The molecule has 4 heteroatoms. The summed E-state index contributed by atoms with van der Waals surface area (Å²) in [5.74, 6) is 0.183. The maximum atomic E-state index is 12.0. The van der Waals surface area contributed by atoms with E-state index in [-0.39, 0.29) is 34.6 Å². The van der Waals surface area contributed by atoms with Crippen LogP contribution in [-0.4, -0.2) is 17.4 Å². The van der Waals surface area contributed by atoms with Gasteiger partial charge in [-0.1, -0.05) is 218 Å². The van der Waals surface area contributed by atoms with Crippen LogP contribution in [0.4, 0.5) is 0 Å². The molecule has 0 aliphatic heterocycles. The van der Waals surface area contributed by atoms with Crippen LogP contribution in [0.3, 0.4) is 0 Å². The van der Waals surface area contributed by atoms with Gasteiger partial charge in [-0.25, -0.2) is 0 Å². The topological polar surface area (TPSA) is 69.2 Å². The number of rotatable bonds is 6. The molecule has 0 N–H and O–H groups in total. The Hall–Kier alpha value is -7.09. The monoisotopic (exact) mass is 762 g/mol. The summed E-state index contributed by atoms with van der Waals surface area (Å²) in [7, 11) is 0. The Morgan fingerprint density at radius 2 is 0.379 bits per heavy atom. The molecule has 0 atom stereocenters. The molecule has 0 amide bonds. The van der Waals surface area contributed by atoms with Crippen LogP contribution in [0.5, 0.6) is 17.2 Å². The fourth-order valence-corrected chi connectivity index (χ4v) is 6.55. The van der Waals surface area contributed by atoms with Gasteiger partial charge in [-0.3, -0.25) is 0 Å². The fourth-order valence-electron chi connectivity index (χ4n) is 6.55. The molecule has 3 nitrogen and oxygen atoms in total. The van der Waals surface area contributed by atoms with E-state index in [2.05, 4.69) is 36.4 Å². The average Bonchev–Trinajstić information content (AvgIpc) is 3.29. The zero-order chi connectivity index (χ0) is 39.2. The second kappa shape index (κ2) is 20.2. The van der Waals surface area contributed by atoms with Crippen molar-refractivity contribution in [1.29, 1.82) is 0 Å². The number of hydrogen-bond acceptors (Lipinski definition) is 3. The van der Waals surface area contributed by atoms with E-state index in [0.29, 0.717) is 0 Å². The maximum absolute atomic E-state index is 12.0. The zero-order valence-corrected chi connectivity index (χ0v) is 33.0. The molecular formula is C54H39AlO3. The van der Waals surface area contributed by atoms with Gasteiger partial charge in [0.25, 0.3) is 0 Å². The van der Waals surface area contributed by atoms with Crippen molar-refractivity contribution in [3.05, 3.63) is 237 Å². The van der Waals surface area contributed by atoms with Gasteiger partial charge in [-0.05, 0) is 85.0 Å². The summed E-state index contributed by atoms with van der Waals surface area (Å²) in [6, 6.07) is 76.1. The van der Waals surface area contributed by atoms with Gasteiger partial charge in [0.05, 0.1) is 0 Å². The van der Waals surface area contributed by atoms with Gasteiger partial charge in [0.1, 0.15) is 0 Å². The van der Waals surface area contributed by atoms with Crippen molar-refractivity contribution in [2.75, 3.05) is 0 Å².